The van der Waals surface area contributed by atoms with Crippen molar-refractivity contribution in [1.29, 1.82) is 0 Å². The van der Waals surface area contributed by atoms with E-state index in [1.807, 2.05) is 0 Å². The third kappa shape index (κ3) is 6.53. The molecule has 0 aromatic heterocycles. The summed E-state index contributed by atoms with van der Waals surface area (Å²) in [6, 6.07) is 8.12. The number of imide groups is 1. The van der Waals surface area contributed by atoms with Crippen LogP contribution in [0.15, 0.2) is 36.4 Å². The molecule has 1 atom stereocenters. The summed E-state index contributed by atoms with van der Waals surface area (Å²) in [4.78, 5) is 50.9. The molecule has 1 aliphatic rings. The molecule has 0 aliphatic carbocycles. The number of nitrogens with one attached hydrogen (secondary N) is 1. The van der Waals surface area contributed by atoms with Crippen molar-refractivity contribution in [1.82, 2.24) is 4.90 Å². The molecule has 3 rings (SSSR count). The molecule has 2 aromatic carbocycles. The zero-order chi connectivity index (χ0) is 27.2. The number of aldehydes is 1. The van der Waals surface area contributed by atoms with Crippen LogP contribution in [0.1, 0.15) is 64.9 Å². The molecule has 1 N–H and O–H groups in total. The lowest BCUT2D eigenvalue weighted by molar-refractivity contribution is -0.116. The van der Waals surface area contributed by atoms with E-state index in [0.717, 1.165) is 17.4 Å². The summed E-state index contributed by atoms with van der Waals surface area (Å²) in [5.41, 5.74) is 0.623. The van der Waals surface area contributed by atoms with E-state index in [4.69, 9.17) is 9.47 Å². The number of fused-ring (bicyclic) bond motifs is 1. The van der Waals surface area contributed by atoms with Gasteiger partial charge in [-0.3, -0.25) is 19.3 Å². The Morgan fingerprint density at radius 3 is 2.51 bits per heavy atom. The Balaban J connectivity index is 1.98. The van der Waals surface area contributed by atoms with Crippen LogP contribution in [0.5, 0.6) is 11.5 Å². The maximum atomic E-state index is 13.6. The second-order valence-electron chi connectivity index (χ2n) is 8.62. The number of carbonyl (C=O) groups excluding carboxylic acids is 4. The van der Waals surface area contributed by atoms with E-state index >= 15 is 0 Å². The van der Waals surface area contributed by atoms with Gasteiger partial charge in [0.15, 0.2) is 11.5 Å². The number of carbonyl (C=O) groups is 4. The minimum absolute atomic E-state index is 0.00536. The third-order valence-corrected chi connectivity index (χ3v) is 6.76. The molecule has 0 fully saturated rings. The summed E-state index contributed by atoms with van der Waals surface area (Å²) in [7, 11) is -2.17. The molecule has 1 heterocycles. The highest BCUT2D eigenvalue weighted by molar-refractivity contribution is 7.90. The maximum absolute atomic E-state index is 13.6. The van der Waals surface area contributed by atoms with Crippen molar-refractivity contribution in [3.63, 3.8) is 0 Å². The zero-order valence-corrected chi connectivity index (χ0v) is 21.8. The molecular formula is C26H30N2O8S. The minimum Gasteiger partial charge on any atom is -0.493 e. The normalized spacial score (nSPS) is 13.8. The van der Waals surface area contributed by atoms with Crippen LogP contribution in [0.25, 0.3) is 0 Å². The fourth-order valence-corrected chi connectivity index (χ4v) is 5.11. The van der Waals surface area contributed by atoms with Gasteiger partial charge in [-0.2, -0.15) is 0 Å². The van der Waals surface area contributed by atoms with Gasteiger partial charge in [-0.15, -0.1) is 0 Å². The number of amides is 3. The maximum Gasteiger partial charge on any atom is 0.264 e. The first kappa shape index (κ1) is 27.9. The van der Waals surface area contributed by atoms with Crippen LogP contribution in [-0.2, 0) is 19.4 Å². The largest absolute Gasteiger partial charge is 0.493 e. The second kappa shape index (κ2) is 12.0. The molecule has 0 bridgehead atoms. The van der Waals surface area contributed by atoms with Crippen molar-refractivity contribution in [3.8, 4) is 11.5 Å². The Hall–Kier alpha value is -3.73. The van der Waals surface area contributed by atoms with Crippen LogP contribution < -0.4 is 14.8 Å². The predicted octanol–water partition coefficient (Wildman–Crippen LogP) is 3.17. The Labute approximate surface area is 215 Å². The number of anilines is 1. The Morgan fingerprint density at radius 2 is 1.86 bits per heavy atom. The van der Waals surface area contributed by atoms with Crippen LogP contribution in [0.3, 0.4) is 0 Å². The van der Waals surface area contributed by atoms with Crippen LogP contribution in [-0.4, -0.2) is 63.1 Å². The summed E-state index contributed by atoms with van der Waals surface area (Å²) in [5.74, 6) is -1.47. The first-order valence-electron chi connectivity index (χ1n) is 11.8. The molecule has 10 nitrogen and oxygen atoms in total. The van der Waals surface area contributed by atoms with E-state index in [9.17, 15) is 27.6 Å². The highest BCUT2D eigenvalue weighted by Crippen LogP contribution is 2.38. The van der Waals surface area contributed by atoms with Gasteiger partial charge in [0.05, 0.1) is 42.3 Å². The third-order valence-electron chi connectivity index (χ3n) is 5.84. The Bertz CT molecular complexity index is 1310. The number of methoxy groups -OCH3 is 1. The number of sulfone groups is 1. The molecule has 198 valence electrons. The quantitative estimate of drug-likeness (QED) is 0.237. The monoisotopic (exact) mass is 530 g/mol. The molecule has 3 amide bonds. The number of hydrogen-bond acceptors (Lipinski definition) is 8. The van der Waals surface area contributed by atoms with E-state index < -0.39 is 33.4 Å². The number of hydrogen-bond donors (Lipinski definition) is 1. The van der Waals surface area contributed by atoms with Crippen molar-refractivity contribution in [2.24, 2.45) is 0 Å². The molecule has 0 saturated heterocycles. The van der Waals surface area contributed by atoms with Crippen molar-refractivity contribution in [3.05, 3.63) is 53.1 Å². The lowest BCUT2D eigenvalue weighted by Gasteiger charge is -2.27. The lowest BCUT2D eigenvalue weighted by atomic mass is 10.1. The van der Waals surface area contributed by atoms with Crippen LogP contribution in [0.2, 0.25) is 0 Å². The van der Waals surface area contributed by atoms with Gasteiger partial charge in [0, 0.05) is 19.1 Å². The van der Waals surface area contributed by atoms with Gasteiger partial charge >= 0.3 is 0 Å². The van der Waals surface area contributed by atoms with E-state index in [0.29, 0.717) is 42.9 Å². The summed E-state index contributed by atoms with van der Waals surface area (Å²) in [6.45, 7) is 2.10. The Morgan fingerprint density at radius 1 is 1.11 bits per heavy atom. The van der Waals surface area contributed by atoms with Crippen molar-refractivity contribution in [2.75, 3.05) is 31.0 Å². The predicted molar refractivity (Wildman–Crippen MR) is 137 cm³/mol. The van der Waals surface area contributed by atoms with Gasteiger partial charge in [0.2, 0.25) is 5.91 Å². The average molecular weight is 531 g/mol. The number of ether oxygens (including phenoxy) is 2. The zero-order valence-electron chi connectivity index (χ0n) is 21.0. The molecule has 0 unspecified atom stereocenters. The summed E-state index contributed by atoms with van der Waals surface area (Å²) in [5, 5.41) is 2.68. The summed E-state index contributed by atoms with van der Waals surface area (Å²) in [6.07, 6.45) is 3.37. The highest BCUT2D eigenvalue weighted by Gasteiger charge is 2.43. The highest BCUT2D eigenvalue weighted by atomic mass is 32.2. The first-order chi connectivity index (χ1) is 17.6. The summed E-state index contributed by atoms with van der Waals surface area (Å²) >= 11 is 0. The van der Waals surface area contributed by atoms with Crippen molar-refractivity contribution >= 4 is 39.5 Å². The average Bonchev–Trinajstić information content (AvgIpc) is 3.10. The van der Waals surface area contributed by atoms with Gasteiger partial charge in [0.25, 0.3) is 11.8 Å². The van der Waals surface area contributed by atoms with E-state index in [-0.39, 0.29) is 29.1 Å². The van der Waals surface area contributed by atoms with Gasteiger partial charge in [-0.05, 0) is 49.6 Å². The molecule has 0 radical (unpaired) electrons. The number of benzene rings is 2. The van der Waals surface area contributed by atoms with E-state index in [1.165, 1.54) is 19.2 Å². The van der Waals surface area contributed by atoms with E-state index in [2.05, 4.69) is 5.32 Å². The van der Waals surface area contributed by atoms with Gasteiger partial charge in [-0.1, -0.05) is 12.1 Å². The molecule has 0 spiro atoms. The lowest BCUT2D eigenvalue weighted by Crippen LogP contribution is -2.37. The van der Waals surface area contributed by atoms with Crippen LogP contribution in [0.4, 0.5) is 5.69 Å². The van der Waals surface area contributed by atoms with E-state index in [1.54, 1.807) is 31.2 Å². The number of unbranched alkanes of at least 4 members (excludes halogenated alkanes) is 2. The first-order valence-corrected chi connectivity index (χ1v) is 13.9. The summed E-state index contributed by atoms with van der Waals surface area (Å²) < 4.78 is 35.6. The van der Waals surface area contributed by atoms with Crippen molar-refractivity contribution in [2.45, 2.75) is 38.6 Å². The fourth-order valence-electron chi connectivity index (χ4n) is 4.19. The molecule has 0 saturated carbocycles. The molecule has 1 aliphatic heterocycles. The van der Waals surface area contributed by atoms with Gasteiger partial charge < -0.3 is 19.6 Å². The van der Waals surface area contributed by atoms with Gasteiger partial charge in [-0.25, -0.2) is 8.42 Å². The number of rotatable bonds is 13. The minimum atomic E-state index is -3.64. The standard InChI is InChI=1S/C26H30N2O8S/c1-4-36-22-15-17(12-13-21(22)35-2)20(16-37(3,33)34)28-25(31)18-9-8-10-19(24(18)26(28)32)27-23(30)11-6-5-7-14-29/h8-10,12-15,20H,4-7,11,16H2,1-3H3,(H,27,30)/t20-/m1/s1. The van der Waals surface area contributed by atoms with Crippen molar-refractivity contribution < 1.29 is 37.1 Å². The molecule has 2 aromatic rings. The fraction of sp³-hybridized carbons (Fsp3) is 0.385. The topological polar surface area (TPSA) is 136 Å². The molecule has 11 heteroatoms. The SMILES string of the molecule is CCOc1cc([C@@H](CS(C)(=O)=O)N2C(=O)c3cccc(NC(=O)CCCCC=O)c3C2=O)ccc1OC. The smallest absolute Gasteiger partial charge is 0.264 e. The molecular weight excluding hydrogens is 500 g/mol. The second-order valence-corrected chi connectivity index (χ2v) is 10.8. The van der Waals surface area contributed by atoms with Crippen LogP contribution >= 0.6 is 0 Å². The van der Waals surface area contributed by atoms with Gasteiger partial charge in [0.1, 0.15) is 16.1 Å². The number of nitrogens with zero attached hydrogens (tertiary/aromatic N) is 1. The Kier molecular flexibility index (Phi) is 9.04. The van der Waals surface area contributed by atoms with Crippen LogP contribution in [0, 0.1) is 0 Å². The molecule has 37 heavy (non-hydrogen) atoms.